The quantitative estimate of drug-likeness (QED) is 0.620. The van der Waals surface area contributed by atoms with Crippen LogP contribution in [0.25, 0.3) is 0 Å². The molecule has 0 aromatic heterocycles. The van der Waals surface area contributed by atoms with E-state index in [0.29, 0.717) is 0 Å². The maximum absolute atomic E-state index is 10.4. The van der Waals surface area contributed by atoms with Gasteiger partial charge in [-0.15, -0.1) is 0 Å². The van der Waals surface area contributed by atoms with E-state index >= 15 is 0 Å². The second-order valence-corrected chi connectivity index (χ2v) is 4.25. The summed E-state index contributed by atoms with van der Waals surface area (Å²) in [6, 6.07) is 0. The van der Waals surface area contributed by atoms with E-state index in [2.05, 4.69) is 11.8 Å². The Bertz CT molecular complexity index is 165. The molecule has 0 aliphatic carbocycles. The zero-order valence-corrected chi connectivity index (χ0v) is 9.41. The molecule has 3 heteroatoms. The molecule has 0 bridgehead atoms. The van der Waals surface area contributed by atoms with E-state index in [1.54, 1.807) is 4.90 Å². The molecule has 1 aliphatic rings. The molecule has 3 nitrogen and oxygen atoms in total. The summed E-state index contributed by atoms with van der Waals surface area (Å²) in [6.45, 7) is 6.81. The van der Waals surface area contributed by atoms with Crippen molar-refractivity contribution in [2.24, 2.45) is 5.92 Å². The fourth-order valence-corrected chi connectivity index (χ4v) is 2.03. The molecule has 0 radical (unpaired) electrons. The standard InChI is InChI=1S/C11H22N2O/c1-3-13-8-5-11(6-9-13)4-7-12(2)10-14/h10-11H,3-9H2,1-2H3. The number of carbonyl (C=O) groups excluding carboxylic acids is 1. The van der Waals surface area contributed by atoms with Crippen LogP contribution in [0.1, 0.15) is 26.2 Å². The van der Waals surface area contributed by atoms with Gasteiger partial charge in [0.1, 0.15) is 0 Å². The van der Waals surface area contributed by atoms with Crippen molar-refractivity contribution in [3.8, 4) is 0 Å². The second kappa shape index (κ2) is 6.02. The first-order valence-electron chi connectivity index (χ1n) is 5.64. The third kappa shape index (κ3) is 3.66. The predicted octanol–water partition coefficient (Wildman–Crippen LogP) is 1.20. The van der Waals surface area contributed by atoms with Gasteiger partial charge in [-0.1, -0.05) is 6.92 Å². The maximum atomic E-state index is 10.4. The largest absolute Gasteiger partial charge is 0.348 e. The average molecular weight is 198 g/mol. The highest BCUT2D eigenvalue weighted by molar-refractivity contribution is 5.46. The number of piperidine rings is 1. The molecule has 1 amide bonds. The fourth-order valence-electron chi connectivity index (χ4n) is 2.03. The fraction of sp³-hybridized carbons (Fsp3) is 0.909. The molecule has 0 unspecified atom stereocenters. The summed E-state index contributed by atoms with van der Waals surface area (Å²) in [6.07, 6.45) is 4.70. The number of rotatable bonds is 5. The molecule has 0 N–H and O–H groups in total. The van der Waals surface area contributed by atoms with E-state index in [-0.39, 0.29) is 0 Å². The van der Waals surface area contributed by atoms with Gasteiger partial charge in [0.05, 0.1) is 0 Å². The Kier molecular flexibility index (Phi) is 4.94. The lowest BCUT2D eigenvalue weighted by Gasteiger charge is -2.31. The molecular weight excluding hydrogens is 176 g/mol. The SMILES string of the molecule is CCN1CCC(CCN(C)C=O)CC1. The van der Waals surface area contributed by atoms with Crippen molar-refractivity contribution in [2.75, 3.05) is 33.2 Å². The minimum Gasteiger partial charge on any atom is -0.348 e. The maximum Gasteiger partial charge on any atom is 0.209 e. The van der Waals surface area contributed by atoms with Crippen molar-refractivity contribution in [1.82, 2.24) is 9.80 Å². The monoisotopic (exact) mass is 198 g/mol. The number of carbonyl (C=O) groups is 1. The van der Waals surface area contributed by atoms with Crippen LogP contribution in [0.15, 0.2) is 0 Å². The van der Waals surface area contributed by atoms with Gasteiger partial charge < -0.3 is 9.80 Å². The Morgan fingerprint density at radius 3 is 2.57 bits per heavy atom. The van der Waals surface area contributed by atoms with E-state index in [1.165, 1.54) is 38.9 Å². The normalized spacial score (nSPS) is 19.6. The van der Waals surface area contributed by atoms with Gasteiger partial charge in [0.25, 0.3) is 0 Å². The molecule has 0 aromatic rings. The Labute approximate surface area is 87.1 Å². The molecule has 1 rings (SSSR count). The molecule has 0 saturated carbocycles. The van der Waals surface area contributed by atoms with Crippen LogP contribution in [-0.2, 0) is 4.79 Å². The number of nitrogens with zero attached hydrogens (tertiary/aromatic N) is 2. The first kappa shape index (κ1) is 11.5. The third-order valence-corrected chi connectivity index (χ3v) is 3.22. The van der Waals surface area contributed by atoms with Crippen LogP contribution in [-0.4, -0.2) is 49.4 Å². The highest BCUT2D eigenvalue weighted by atomic mass is 16.1. The van der Waals surface area contributed by atoms with Crippen LogP contribution in [0.3, 0.4) is 0 Å². The van der Waals surface area contributed by atoms with E-state index < -0.39 is 0 Å². The van der Waals surface area contributed by atoms with Crippen molar-refractivity contribution < 1.29 is 4.79 Å². The Morgan fingerprint density at radius 2 is 2.07 bits per heavy atom. The first-order chi connectivity index (χ1) is 6.76. The molecule has 0 spiro atoms. The van der Waals surface area contributed by atoms with Gasteiger partial charge in [0.15, 0.2) is 0 Å². The van der Waals surface area contributed by atoms with Gasteiger partial charge in [-0.2, -0.15) is 0 Å². The van der Waals surface area contributed by atoms with Crippen molar-refractivity contribution in [3.63, 3.8) is 0 Å². The summed E-state index contributed by atoms with van der Waals surface area (Å²) in [5.74, 6) is 0.834. The smallest absolute Gasteiger partial charge is 0.209 e. The highest BCUT2D eigenvalue weighted by Crippen LogP contribution is 2.19. The second-order valence-electron chi connectivity index (χ2n) is 4.25. The zero-order valence-electron chi connectivity index (χ0n) is 9.41. The summed E-state index contributed by atoms with van der Waals surface area (Å²) in [5, 5.41) is 0. The van der Waals surface area contributed by atoms with Gasteiger partial charge in [-0.3, -0.25) is 4.79 Å². The molecule has 82 valence electrons. The summed E-state index contributed by atoms with van der Waals surface area (Å²) < 4.78 is 0. The molecule has 1 aliphatic heterocycles. The van der Waals surface area contributed by atoms with Crippen molar-refractivity contribution in [2.45, 2.75) is 26.2 Å². The minimum absolute atomic E-state index is 0.834. The van der Waals surface area contributed by atoms with E-state index in [9.17, 15) is 4.79 Å². The topological polar surface area (TPSA) is 23.6 Å². The van der Waals surface area contributed by atoms with Gasteiger partial charge in [0, 0.05) is 13.6 Å². The van der Waals surface area contributed by atoms with Gasteiger partial charge >= 0.3 is 0 Å². The highest BCUT2D eigenvalue weighted by Gasteiger charge is 2.17. The lowest BCUT2D eigenvalue weighted by Crippen LogP contribution is -2.34. The van der Waals surface area contributed by atoms with Crippen LogP contribution in [0.5, 0.6) is 0 Å². The Hall–Kier alpha value is -0.570. The van der Waals surface area contributed by atoms with Gasteiger partial charge in [0.2, 0.25) is 6.41 Å². The van der Waals surface area contributed by atoms with Crippen LogP contribution < -0.4 is 0 Å². The van der Waals surface area contributed by atoms with Gasteiger partial charge in [-0.25, -0.2) is 0 Å². The molecule has 14 heavy (non-hydrogen) atoms. The molecule has 0 aromatic carbocycles. The van der Waals surface area contributed by atoms with Crippen LogP contribution in [0.4, 0.5) is 0 Å². The van der Waals surface area contributed by atoms with Crippen molar-refractivity contribution in [3.05, 3.63) is 0 Å². The third-order valence-electron chi connectivity index (χ3n) is 3.22. The average Bonchev–Trinajstić information content (AvgIpc) is 2.26. The first-order valence-corrected chi connectivity index (χ1v) is 5.64. The molecule has 0 atom stereocenters. The van der Waals surface area contributed by atoms with Crippen LogP contribution in [0, 0.1) is 5.92 Å². The van der Waals surface area contributed by atoms with Gasteiger partial charge in [-0.05, 0) is 44.8 Å². The zero-order chi connectivity index (χ0) is 10.4. The van der Waals surface area contributed by atoms with Crippen molar-refractivity contribution >= 4 is 6.41 Å². The lowest BCUT2D eigenvalue weighted by molar-refractivity contribution is -0.117. The number of hydrogen-bond acceptors (Lipinski definition) is 2. The van der Waals surface area contributed by atoms with E-state index in [4.69, 9.17) is 0 Å². The summed E-state index contributed by atoms with van der Waals surface area (Å²) in [5.41, 5.74) is 0. The van der Waals surface area contributed by atoms with Crippen LogP contribution >= 0.6 is 0 Å². The Morgan fingerprint density at radius 1 is 1.43 bits per heavy atom. The van der Waals surface area contributed by atoms with Crippen molar-refractivity contribution in [1.29, 1.82) is 0 Å². The number of amides is 1. The predicted molar refractivity (Wildman–Crippen MR) is 58.1 cm³/mol. The van der Waals surface area contributed by atoms with Crippen LogP contribution in [0.2, 0.25) is 0 Å². The van der Waals surface area contributed by atoms with E-state index in [1.807, 2.05) is 7.05 Å². The molecule has 1 saturated heterocycles. The Balaban J connectivity index is 2.12. The summed E-state index contributed by atoms with van der Waals surface area (Å²) >= 11 is 0. The number of hydrogen-bond donors (Lipinski definition) is 0. The molecule has 1 fully saturated rings. The van der Waals surface area contributed by atoms with E-state index in [0.717, 1.165) is 18.9 Å². The lowest BCUT2D eigenvalue weighted by atomic mass is 9.93. The summed E-state index contributed by atoms with van der Waals surface area (Å²) in [7, 11) is 1.86. The summed E-state index contributed by atoms with van der Waals surface area (Å²) in [4.78, 5) is 14.6. The molecule has 1 heterocycles. The minimum atomic E-state index is 0.834. The number of likely N-dealkylation sites (tertiary alicyclic amines) is 1. The molecular formula is C11H22N2O.